The standard InChI is InChI=1S/C22H19Br2Cl2NO3/c1-21(2)17(19(23)22(24,25)26)18(21)20(28)30-16(12-27)13-7-6-10-15(11-13)29-14-8-4-3-5-9-14/h3-11,16-19H,1-2H3. The topological polar surface area (TPSA) is 59.3 Å². The first-order chi connectivity index (χ1) is 14.1. The molecule has 0 aromatic heterocycles. The normalized spacial score (nSPS) is 21.8. The molecule has 4 atom stereocenters. The number of carbonyl (C=O) groups is 1. The summed E-state index contributed by atoms with van der Waals surface area (Å²) < 4.78 is 10.2. The number of rotatable bonds is 7. The van der Waals surface area contributed by atoms with Crippen molar-refractivity contribution in [2.45, 2.75) is 28.0 Å². The first kappa shape index (κ1) is 23.4. The number of esters is 1. The molecule has 0 spiro atoms. The predicted octanol–water partition coefficient (Wildman–Crippen LogP) is 7.15. The third-order valence-corrected chi connectivity index (χ3v) is 8.64. The van der Waals surface area contributed by atoms with Crippen LogP contribution in [0.2, 0.25) is 0 Å². The number of ether oxygens (including phenoxy) is 2. The van der Waals surface area contributed by atoms with Crippen molar-refractivity contribution in [2.75, 3.05) is 0 Å². The number of hydrogen-bond donors (Lipinski definition) is 0. The van der Waals surface area contributed by atoms with Gasteiger partial charge in [-0.2, -0.15) is 5.26 Å². The molecular formula is C22H19Br2Cl2NO3. The summed E-state index contributed by atoms with van der Waals surface area (Å²) >= 11 is 19.0. The van der Waals surface area contributed by atoms with Crippen LogP contribution in [-0.4, -0.2) is 14.0 Å². The molecule has 30 heavy (non-hydrogen) atoms. The number of benzene rings is 2. The molecule has 0 N–H and O–H groups in total. The van der Waals surface area contributed by atoms with E-state index in [1.54, 1.807) is 24.3 Å². The fourth-order valence-electron chi connectivity index (χ4n) is 3.60. The number of carbonyl (C=O) groups excluding carboxylic acids is 1. The van der Waals surface area contributed by atoms with E-state index in [1.165, 1.54) is 0 Å². The zero-order valence-corrected chi connectivity index (χ0v) is 20.9. The minimum atomic E-state index is -1.22. The highest BCUT2D eigenvalue weighted by molar-refractivity contribution is 9.13. The summed E-state index contributed by atoms with van der Waals surface area (Å²) in [6, 6.07) is 18.3. The number of halogens is 4. The van der Waals surface area contributed by atoms with Crippen LogP contribution in [0.5, 0.6) is 11.5 Å². The van der Waals surface area contributed by atoms with E-state index in [2.05, 4.69) is 37.9 Å². The Morgan fingerprint density at radius 2 is 1.80 bits per heavy atom. The predicted molar refractivity (Wildman–Crippen MR) is 124 cm³/mol. The summed E-state index contributed by atoms with van der Waals surface area (Å²) in [6.07, 6.45) is -1.05. The maximum atomic E-state index is 12.9. The Balaban J connectivity index is 1.72. The minimum Gasteiger partial charge on any atom is -0.457 e. The zero-order valence-electron chi connectivity index (χ0n) is 16.2. The van der Waals surface area contributed by atoms with Gasteiger partial charge in [-0.3, -0.25) is 4.79 Å². The van der Waals surface area contributed by atoms with Gasteiger partial charge in [-0.25, -0.2) is 0 Å². The third kappa shape index (κ3) is 5.13. The minimum absolute atomic E-state index is 0.147. The molecule has 0 saturated heterocycles. The summed E-state index contributed by atoms with van der Waals surface area (Å²) in [4.78, 5) is 12.5. The Morgan fingerprint density at radius 1 is 1.17 bits per heavy atom. The van der Waals surface area contributed by atoms with Crippen molar-refractivity contribution in [3.63, 3.8) is 0 Å². The number of para-hydroxylation sites is 1. The van der Waals surface area contributed by atoms with Gasteiger partial charge < -0.3 is 9.47 Å². The van der Waals surface area contributed by atoms with Crippen molar-refractivity contribution in [1.29, 1.82) is 5.26 Å². The number of alkyl halides is 4. The van der Waals surface area contributed by atoms with E-state index in [0.29, 0.717) is 17.1 Å². The average Bonchev–Trinajstić information content (AvgIpc) is 3.27. The van der Waals surface area contributed by atoms with Crippen LogP contribution in [0.4, 0.5) is 0 Å². The maximum absolute atomic E-state index is 12.9. The van der Waals surface area contributed by atoms with Gasteiger partial charge >= 0.3 is 5.97 Å². The highest BCUT2D eigenvalue weighted by Crippen LogP contribution is 2.65. The molecule has 1 saturated carbocycles. The maximum Gasteiger partial charge on any atom is 0.311 e. The second-order valence-electron chi connectivity index (χ2n) is 7.70. The van der Waals surface area contributed by atoms with Crippen molar-refractivity contribution >= 4 is 61.0 Å². The first-order valence-corrected chi connectivity index (χ1v) is 11.7. The molecule has 0 bridgehead atoms. The fraction of sp³-hybridized carbons (Fsp3) is 0.364. The molecule has 1 aliphatic carbocycles. The Bertz CT molecular complexity index is 957. The van der Waals surface area contributed by atoms with Crippen LogP contribution in [0.3, 0.4) is 0 Å². The number of nitriles is 1. The Kier molecular flexibility index (Phi) is 7.08. The molecule has 2 aromatic rings. The van der Waals surface area contributed by atoms with E-state index in [9.17, 15) is 10.1 Å². The van der Waals surface area contributed by atoms with E-state index in [-0.39, 0.29) is 16.2 Å². The van der Waals surface area contributed by atoms with Gasteiger partial charge in [0.25, 0.3) is 0 Å². The summed E-state index contributed by atoms with van der Waals surface area (Å²) in [6.45, 7) is 3.89. The van der Waals surface area contributed by atoms with Gasteiger partial charge in [0, 0.05) is 5.56 Å². The lowest BCUT2D eigenvalue weighted by Gasteiger charge is -2.20. The Morgan fingerprint density at radius 3 is 2.40 bits per heavy atom. The second kappa shape index (κ2) is 9.08. The van der Waals surface area contributed by atoms with Gasteiger partial charge in [-0.15, -0.1) is 0 Å². The lowest BCUT2D eigenvalue weighted by atomic mass is 10.1. The van der Waals surface area contributed by atoms with Crippen LogP contribution in [0, 0.1) is 28.6 Å². The van der Waals surface area contributed by atoms with E-state index < -0.39 is 21.2 Å². The molecule has 0 radical (unpaired) electrons. The first-order valence-electron chi connectivity index (χ1n) is 9.19. The summed E-state index contributed by atoms with van der Waals surface area (Å²) in [5, 5.41) is 9.62. The molecule has 3 rings (SSSR count). The molecule has 4 nitrogen and oxygen atoms in total. The molecule has 158 valence electrons. The third-order valence-electron chi connectivity index (χ3n) is 5.28. The Hall–Kier alpha value is -1.26. The van der Waals surface area contributed by atoms with Crippen LogP contribution in [-0.2, 0) is 9.53 Å². The highest BCUT2D eigenvalue weighted by atomic mass is 79.9. The molecule has 8 heteroatoms. The van der Waals surface area contributed by atoms with Gasteiger partial charge in [0.2, 0.25) is 6.10 Å². The molecule has 0 aliphatic heterocycles. The van der Waals surface area contributed by atoms with E-state index >= 15 is 0 Å². The smallest absolute Gasteiger partial charge is 0.311 e. The monoisotopic (exact) mass is 573 g/mol. The van der Waals surface area contributed by atoms with Crippen LogP contribution in [0.1, 0.15) is 25.5 Å². The SMILES string of the molecule is CC1(C)C(C(=O)OC(C#N)c2cccc(Oc3ccccc3)c2)C1C(Br)C(Cl)(Cl)Br. The molecule has 0 amide bonds. The molecule has 2 aromatic carbocycles. The van der Waals surface area contributed by atoms with Crippen LogP contribution >= 0.6 is 55.1 Å². The van der Waals surface area contributed by atoms with Gasteiger partial charge in [0.1, 0.15) is 17.6 Å². The number of nitrogens with zero attached hydrogens (tertiary/aromatic N) is 1. The largest absolute Gasteiger partial charge is 0.457 e. The molecular weight excluding hydrogens is 557 g/mol. The lowest BCUT2D eigenvalue weighted by Crippen LogP contribution is -2.24. The van der Waals surface area contributed by atoms with Crippen LogP contribution in [0.25, 0.3) is 0 Å². The van der Waals surface area contributed by atoms with Crippen molar-refractivity contribution in [1.82, 2.24) is 0 Å². The summed E-state index contributed by atoms with van der Waals surface area (Å²) in [7, 11) is 0. The van der Waals surface area contributed by atoms with E-state index in [0.717, 1.165) is 0 Å². The highest BCUT2D eigenvalue weighted by Gasteiger charge is 2.67. The quantitative estimate of drug-likeness (QED) is 0.260. The van der Waals surface area contributed by atoms with Crippen molar-refractivity contribution in [3.8, 4) is 17.6 Å². The number of hydrogen-bond acceptors (Lipinski definition) is 4. The van der Waals surface area contributed by atoms with Crippen molar-refractivity contribution < 1.29 is 14.3 Å². The molecule has 1 aliphatic rings. The average molecular weight is 576 g/mol. The van der Waals surface area contributed by atoms with Gasteiger partial charge in [0.05, 0.1) is 10.7 Å². The van der Waals surface area contributed by atoms with Gasteiger partial charge in [-0.1, -0.05) is 83.3 Å². The second-order valence-corrected chi connectivity index (χ2v) is 12.2. The Labute approximate surface area is 202 Å². The van der Waals surface area contributed by atoms with E-state index in [4.69, 9.17) is 32.7 Å². The van der Waals surface area contributed by atoms with Crippen molar-refractivity contribution in [2.24, 2.45) is 17.3 Å². The summed E-state index contributed by atoms with van der Waals surface area (Å²) in [5.41, 5.74) is 0.168. The molecule has 1 fully saturated rings. The van der Waals surface area contributed by atoms with Crippen LogP contribution in [0.15, 0.2) is 54.6 Å². The van der Waals surface area contributed by atoms with Crippen molar-refractivity contribution in [3.05, 3.63) is 60.2 Å². The van der Waals surface area contributed by atoms with E-state index in [1.807, 2.05) is 44.2 Å². The fourth-order valence-corrected chi connectivity index (χ4v) is 5.14. The molecule has 0 heterocycles. The zero-order chi connectivity index (χ0) is 22.1. The lowest BCUT2D eigenvalue weighted by molar-refractivity contribution is -0.149. The summed E-state index contributed by atoms with van der Waals surface area (Å²) in [5.74, 6) is 0.183. The van der Waals surface area contributed by atoms with Crippen LogP contribution < -0.4 is 4.74 Å². The molecule has 4 unspecified atom stereocenters. The van der Waals surface area contributed by atoms with Gasteiger partial charge in [-0.05, 0) is 51.5 Å². The van der Waals surface area contributed by atoms with Gasteiger partial charge in [0.15, 0.2) is 3.24 Å².